The Morgan fingerprint density at radius 1 is 1.62 bits per heavy atom. The topological polar surface area (TPSA) is 63.3 Å². The summed E-state index contributed by atoms with van der Waals surface area (Å²) in [6.45, 7) is 0. The van der Waals surface area contributed by atoms with E-state index in [2.05, 4.69) is 0 Å². The molecule has 5 heteroatoms. The second-order valence-corrected chi connectivity index (χ2v) is 3.73. The molecule has 0 aliphatic rings. The normalized spacial score (nSPS) is 9.92. The lowest BCUT2D eigenvalue weighted by atomic mass is 10.3. The van der Waals surface area contributed by atoms with Crippen LogP contribution >= 0.6 is 23.4 Å². The molecule has 1 aromatic carbocycles. The molecule has 1 rings (SSSR count). The van der Waals surface area contributed by atoms with Gasteiger partial charge in [-0.2, -0.15) is 0 Å². The zero-order chi connectivity index (χ0) is 9.84. The Bertz CT molecular complexity index is 310. The largest absolute Gasteiger partial charge is 0.481 e. The van der Waals surface area contributed by atoms with E-state index in [1.54, 1.807) is 18.2 Å². The molecule has 0 amide bonds. The van der Waals surface area contributed by atoms with Gasteiger partial charge in [0.25, 0.3) is 0 Å². The molecule has 0 bridgehead atoms. The Balaban J connectivity index is 2.81. The van der Waals surface area contributed by atoms with Crippen molar-refractivity contribution in [3.05, 3.63) is 23.2 Å². The average Bonchev–Trinajstić information content (AvgIpc) is 2.03. The Kier molecular flexibility index (Phi) is 3.45. The van der Waals surface area contributed by atoms with E-state index in [1.165, 1.54) is 0 Å². The van der Waals surface area contributed by atoms with Crippen LogP contribution < -0.4 is 5.73 Å². The zero-order valence-corrected chi connectivity index (χ0v) is 8.23. The monoisotopic (exact) mass is 217 g/mol. The zero-order valence-electron chi connectivity index (χ0n) is 6.66. The minimum Gasteiger partial charge on any atom is -0.481 e. The van der Waals surface area contributed by atoms with Crippen LogP contribution in [-0.4, -0.2) is 16.8 Å². The predicted octanol–water partition coefficient (Wildman–Crippen LogP) is 2.10. The van der Waals surface area contributed by atoms with E-state index in [-0.39, 0.29) is 5.75 Å². The van der Waals surface area contributed by atoms with Gasteiger partial charge in [-0.05, 0) is 12.1 Å². The molecule has 3 N–H and O–H groups in total. The van der Waals surface area contributed by atoms with E-state index in [1.807, 2.05) is 0 Å². The van der Waals surface area contributed by atoms with Crippen molar-refractivity contribution in [3.63, 3.8) is 0 Å². The van der Waals surface area contributed by atoms with Crippen LogP contribution in [0, 0.1) is 0 Å². The van der Waals surface area contributed by atoms with E-state index in [9.17, 15) is 4.79 Å². The maximum absolute atomic E-state index is 10.3. The van der Waals surface area contributed by atoms with Crippen LogP contribution in [0.25, 0.3) is 0 Å². The molecule has 0 radical (unpaired) electrons. The fraction of sp³-hybridized carbons (Fsp3) is 0.125. The van der Waals surface area contributed by atoms with E-state index in [4.69, 9.17) is 22.4 Å². The fourth-order valence-corrected chi connectivity index (χ4v) is 1.87. The molecule has 0 fully saturated rings. The summed E-state index contributed by atoms with van der Waals surface area (Å²) in [6.07, 6.45) is 0. The molecule has 0 aliphatic carbocycles. The highest BCUT2D eigenvalue weighted by molar-refractivity contribution is 8.00. The van der Waals surface area contributed by atoms with Gasteiger partial charge in [-0.25, -0.2) is 0 Å². The second-order valence-electron chi connectivity index (χ2n) is 2.34. The number of anilines is 1. The SMILES string of the molecule is Nc1cccc(Cl)c1SCC(=O)O. The molecule has 0 saturated heterocycles. The van der Waals surface area contributed by atoms with E-state index in [0.29, 0.717) is 15.6 Å². The smallest absolute Gasteiger partial charge is 0.313 e. The first-order chi connectivity index (χ1) is 6.11. The van der Waals surface area contributed by atoms with E-state index >= 15 is 0 Å². The maximum atomic E-state index is 10.3. The van der Waals surface area contributed by atoms with E-state index < -0.39 is 5.97 Å². The molecule has 0 aliphatic heterocycles. The molecule has 0 saturated carbocycles. The summed E-state index contributed by atoms with van der Waals surface area (Å²) in [7, 11) is 0. The third-order valence-corrected chi connectivity index (χ3v) is 2.90. The van der Waals surface area contributed by atoms with Gasteiger partial charge in [-0.3, -0.25) is 4.79 Å². The number of hydrogen-bond acceptors (Lipinski definition) is 3. The first-order valence-corrected chi connectivity index (χ1v) is 4.86. The number of hydrogen-bond donors (Lipinski definition) is 2. The third-order valence-electron chi connectivity index (χ3n) is 1.34. The highest BCUT2D eigenvalue weighted by atomic mass is 35.5. The second kappa shape index (κ2) is 4.39. The van der Waals surface area contributed by atoms with Crippen molar-refractivity contribution in [1.29, 1.82) is 0 Å². The van der Waals surface area contributed by atoms with Crippen LogP contribution in [0.15, 0.2) is 23.1 Å². The van der Waals surface area contributed by atoms with Crippen molar-refractivity contribution in [2.75, 3.05) is 11.5 Å². The highest BCUT2D eigenvalue weighted by Gasteiger charge is 2.06. The number of nitrogens with two attached hydrogens (primary N) is 1. The molecule has 0 aromatic heterocycles. The van der Waals surface area contributed by atoms with Gasteiger partial charge in [0.2, 0.25) is 0 Å². The Hall–Kier alpha value is -0.870. The number of carboxylic acid groups (broad SMARTS) is 1. The molecular formula is C8H8ClNO2S. The highest BCUT2D eigenvalue weighted by Crippen LogP contribution is 2.31. The van der Waals surface area contributed by atoms with Gasteiger partial charge in [-0.1, -0.05) is 17.7 Å². The molecule has 70 valence electrons. The van der Waals surface area contributed by atoms with Crippen LogP contribution in [0.4, 0.5) is 5.69 Å². The van der Waals surface area contributed by atoms with Gasteiger partial charge in [-0.15, -0.1) is 11.8 Å². The molecule has 0 heterocycles. The lowest BCUT2D eigenvalue weighted by molar-refractivity contribution is -0.133. The standard InChI is InChI=1S/C8H8ClNO2S/c9-5-2-1-3-6(10)8(5)13-4-7(11)12/h1-3H,4,10H2,(H,11,12). The molecule has 13 heavy (non-hydrogen) atoms. The Morgan fingerprint density at radius 3 is 2.85 bits per heavy atom. The van der Waals surface area contributed by atoms with Crippen LogP contribution in [-0.2, 0) is 4.79 Å². The van der Waals surface area contributed by atoms with Crippen molar-refractivity contribution < 1.29 is 9.90 Å². The Labute approximate surface area is 84.9 Å². The fourth-order valence-electron chi connectivity index (χ4n) is 0.812. The number of halogens is 1. The van der Waals surface area contributed by atoms with Crippen LogP contribution in [0.3, 0.4) is 0 Å². The van der Waals surface area contributed by atoms with Gasteiger partial charge in [0.05, 0.1) is 10.8 Å². The summed E-state index contributed by atoms with van der Waals surface area (Å²) in [6, 6.07) is 5.10. The number of thioether (sulfide) groups is 1. The van der Waals surface area contributed by atoms with Crippen molar-refractivity contribution in [2.24, 2.45) is 0 Å². The van der Waals surface area contributed by atoms with Crippen LogP contribution in [0.5, 0.6) is 0 Å². The first-order valence-electron chi connectivity index (χ1n) is 3.50. The number of benzene rings is 1. The molecule has 0 spiro atoms. The third kappa shape index (κ3) is 2.82. The lowest BCUT2D eigenvalue weighted by Gasteiger charge is -2.04. The number of nitrogen functional groups attached to an aromatic ring is 1. The average molecular weight is 218 g/mol. The molecule has 3 nitrogen and oxygen atoms in total. The van der Waals surface area contributed by atoms with Crippen molar-refractivity contribution in [1.82, 2.24) is 0 Å². The van der Waals surface area contributed by atoms with Gasteiger partial charge in [0.1, 0.15) is 0 Å². The van der Waals surface area contributed by atoms with Crippen LogP contribution in [0.2, 0.25) is 5.02 Å². The van der Waals surface area contributed by atoms with Gasteiger partial charge in [0.15, 0.2) is 0 Å². The van der Waals surface area contributed by atoms with Crippen molar-refractivity contribution >= 4 is 35.0 Å². The summed E-state index contributed by atoms with van der Waals surface area (Å²) < 4.78 is 0. The summed E-state index contributed by atoms with van der Waals surface area (Å²) in [5, 5.41) is 8.94. The Morgan fingerprint density at radius 2 is 2.31 bits per heavy atom. The van der Waals surface area contributed by atoms with Gasteiger partial charge >= 0.3 is 5.97 Å². The minimum atomic E-state index is -0.885. The minimum absolute atomic E-state index is 0.0338. The number of carbonyl (C=O) groups is 1. The van der Waals surface area contributed by atoms with E-state index in [0.717, 1.165) is 11.8 Å². The quantitative estimate of drug-likeness (QED) is 0.601. The molecule has 0 unspecified atom stereocenters. The molecular weight excluding hydrogens is 210 g/mol. The molecule has 0 atom stereocenters. The summed E-state index contributed by atoms with van der Waals surface area (Å²) in [4.78, 5) is 10.9. The number of rotatable bonds is 3. The summed E-state index contributed by atoms with van der Waals surface area (Å²) in [5.74, 6) is -0.919. The summed E-state index contributed by atoms with van der Waals surface area (Å²) in [5.41, 5.74) is 6.12. The number of carboxylic acids is 1. The number of aliphatic carboxylic acids is 1. The first kappa shape index (κ1) is 10.2. The van der Waals surface area contributed by atoms with Crippen molar-refractivity contribution in [2.45, 2.75) is 4.90 Å². The summed E-state index contributed by atoms with van der Waals surface area (Å²) >= 11 is 6.94. The van der Waals surface area contributed by atoms with Gasteiger partial charge in [0, 0.05) is 10.6 Å². The predicted molar refractivity (Wildman–Crippen MR) is 54.2 cm³/mol. The van der Waals surface area contributed by atoms with Crippen molar-refractivity contribution in [3.8, 4) is 0 Å². The maximum Gasteiger partial charge on any atom is 0.313 e. The molecule has 1 aromatic rings. The van der Waals surface area contributed by atoms with Crippen LogP contribution in [0.1, 0.15) is 0 Å². The van der Waals surface area contributed by atoms with Gasteiger partial charge < -0.3 is 10.8 Å². The lowest BCUT2D eigenvalue weighted by Crippen LogP contribution is -1.99.